The summed E-state index contributed by atoms with van der Waals surface area (Å²) < 4.78 is 1.85. The zero-order valence-corrected chi connectivity index (χ0v) is 16.5. The summed E-state index contributed by atoms with van der Waals surface area (Å²) in [5.41, 5.74) is 4.95. The van der Waals surface area contributed by atoms with Crippen molar-refractivity contribution in [2.24, 2.45) is 0 Å². The van der Waals surface area contributed by atoms with Crippen molar-refractivity contribution in [3.05, 3.63) is 58.9 Å². The Morgan fingerprint density at radius 1 is 1.21 bits per heavy atom. The van der Waals surface area contributed by atoms with Crippen LogP contribution in [0.15, 0.2) is 42.7 Å². The molecule has 28 heavy (non-hydrogen) atoms. The van der Waals surface area contributed by atoms with Gasteiger partial charge in [-0.1, -0.05) is 23.7 Å². The summed E-state index contributed by atoms with van der Waals surface area (Å²) in [6, 6.07) is 8.84. The summed E-state index contributed by atoms with van der Waals surface area (Å²) in [6.45, 7) is 4.72. The molecule has 9 heteroatoms. The number of amides is 1. The molecule has 0 unspecified atom stereocenters. The van der Waals surface area contributed by atoms with E-state index < -0.39 is 0 Å². The highest BCUT2D eigenvalue weighted by Gasteiger charge is 2.13. The third kappa shape index (κ3) is 4.24. The summed E-state index contributed by atoms with van der Waals surface area (Å²) >= 11 is 6.32. The number of benzene rings is 1. The molecule has 3 rings (SSSR count). The number of carbonyl (C=O) groups is 1. The number of para-hydroxylation sites is 1. The van der Waals surface area contributed by atoms with Gasteiger partial charge in [0.25, 0.3) is 5.91 Å². The SMILES string of the molecule is CCn1ncc(C)c1Nc1cc(Nc2ccccc2C(=O)NOC)c(Cl)cn1. The van der Waals surface area contributed by atoms with E-state index in [0.29, 0.717) is 27.8 Å². The van der Waals surface area contributed by atoms with Crippen LogP contribution in [0.3, 0.4) is 0 Å². The maximum atomic E-state index is 12.2. The highest BCUT2D eigenvalue weighted by Crippen LogP contribution is 2.30. The van der Waals surface area contributed by atoms with Crippen molar-refractivity contribution in [2.45, 2.75) is 20.4 Å². The number of pyridine rings is 1. The van der Waals surface area contributed by atoms with Crippen molar-refractivity contribution >= 4 is 40.5 Å². The maximum Gasteiger partial charge on any atom is 0.276 e. The van der Waals surface area contributed by atoms with Crippen LogP contribution in [0.1, 0.15) is 22.8 Å². The van der Waals surface area contributed by atoms with Gasteiger partial charge in [0.1, 0.15) is 11.6 Å². The molecule has 0 aliphatic heterocycles. The molecule has 0 saturated heterocycles. The molecule has 1 amide bonds. The zero-order chi connectivity index (χ0) is 20.1. The molecule has 0 atom stereocenters. The van der Waals surface area contributed by atoms with Crippen LogP contribution in [0.25, 0.3) is 0 Å². The Hall–Kier alpha value is -3.10. The Balaban J connectivity index is 1.89. The molecule has 0 spiro atoms. The number of nitrogens with zero attached hydrogens (tertiary/aromatic N) is 3. The minimum atomic E-state index is -0.364. The van der Waals surface area contributed by atoms with Crippen molar-refractivity contribution < 1.29 is 9.63 Å². The van der Waals surface area contributed by atoms with Gasteiger partial charge in [-0.05, 0) is 26.0 Å². The first-order valence-electron chi connectivity index (χ1n) is 8.67. The third-order valence-corrected chi connectivity index (χ3v) is 4.36. The molecular weight excluding hydrogens is 380 g/mol. The van der Waals surface area contributed by atoms with E-state index in [1.54, 1.807) is 36.7 Å². The van der Waals surface area contributed by atoms with E-state index in [2.05, 4.69) is 26.2 Å². The number of hydroxylamine groups is 1. The number of hydrogen-bond donors (Lipinski definition) is 3. The predicted molar refractivity (Wildman–Crippen MR) is 109 cm³/mol. The molecule has 146 valence electrons. The van der Waals surface area contributed by atoms with Crippen LogP contribution in [0, 0.1) is 6.92 Å². The zero-order valence-electron chi connectivity index (χ0n) is 15.8. The van der Waals surface area contributed by atoms with Gasteiger partial charge in [-0.25, -0.2) is 15.1 Å². The number of aromatic nitrogens is 3. The largest absolute Gasteiger partial charge is 0.353 e. The summed E-state index contributed by atoms with van der Waals surface area (Å²) in [7, 11) is 1.38. The van der Waals surface area contributed by atoms with Crippen molar-refractivity contribution in [1.82, 2.24) is 20.2 Å². The lowest BCUT2D eigenvalue weighted by molar-refractivity contribution is 0.0538. The molecule has 0 aliphatic rings. The number of aryl methyl sites for hydroxylation is 2. The topological polar surface area (TPSA) is 93.1 Å². The van der Waals surface area contributed by atoms with Gasteiger partial charge in [-0.2, -0.15) is 5.10 Å². The molecule has 0 bridgehead atoms. The minimum absolute atomic E-state index is 0.364. The van der Waals surface area contributed by atoms with E-state index in [4.69, 9.17) is 16.4 Å². The summed E-state index contributed by atoms with van der Waals surface area (Å²) in [6.07, 6.45) is 3.34. The van der Waals surface area contributed by atoms with Crippen LogP contribution in [0.5, 0.6) is 0 Å². The van der Waals surface area contributed by atoms with Gasteiger partial charge in [-0.3, -0.25) is 9.63 Å². The van der Waals surface area contributed by atoms with Gasteiger partial charge in [0, 0.05) is 18.2 Å². The fraction of sp³-hybridized carbons (Fsp3) is 0.211. The lowest BCUT2D eigenvalue weighted by Crippen LogP contribution is -2.22. The fourth-order valence-corrected chi connectivity index (χ4v) is 2.84. The first-order chi connectivity index (χ1) is 13.5. The molecular formula is C19H21ClN6O2. The number of hydrogen-bond acceptors (Lipinski definition) is 6. The first-order valence-corrected chi connectivity index (χ1v) is 9.05. The summed E-state index contributed by atoms with van der Waals surface area (Å²) in [5, 5.41) is 11.2. The smallest absolute Gasteiger partial charge is 0.276 e. The average Bonchev–Trinajstić information content (AvgIpc) is 3.04. The van der Waals surface area contributed by atoms with Gasteiger partial charge < -0.3 is 10.6 Å². The fourth-order valence-electron chi connectivity index (χ4n) is 2.69. The van der Waals surface area contributed by atoms with E-state index in [1.807, 2.05) is 24.6 Å². The number of rotatable bonds is 7. The van der Waals surface area contributed by atoms with Gasteiger partial charge in [0.2, 0.25) is 0 Å². The predicted octanol–water partition coefficient (Wildman–Crippen LogP) is 4.04. The van der Waals surface area contributed by atoms with E-state index in [1.165, 1.54) is 7.11 Å². The third-order valence-electron chi connectivity index (χ3n) is 4.06. The Morgan fingerprint density at radius 3 is 2.75 bits per heavy atom. The van der Waals surface area contributed by atoms with Crippen LogP contribution >= 0.6 is 11.6 Å². The lowest BCUT2D eigenvalue weighted by Gasteiger charge is -2.14. The highest BCUT2D eigenvalue weighted by atomic mass is 35.5. The molecule has 8 nitrogen and oxygen atoms in total. The van der Waals surface area contributed by atoms with Gasteiger partial charge >= 0.3 is 0 Å². The van der Waals surface area contributed by atoms with E-state index in [9.17, 15) is 4.79 Å². The molecule has 2 aromatic heterocycles. The Morgan fingerprint density at radius 2 is 2.00 bits per heavy atom. The number of anilines is 4. The molecule has 2 heterocycles. The van der Waals surface area contributed by atoms with Crippen LogP contribution in [-0.2, 0) is 11.4 Å². The number of nitrogens with one attached hydrogen (secondary N) is 3. The quantitative estimate of drug-likeness (QED) is 0.518. The lowest BCUT2D eigenvalue weighted by atomic mass is 10.1. The van der Waals surface area contributed by atoms with Crippen molar-refractivity contribution in [1.29, 1.82) is 0 Å². The normalized spacial score (nSPS) is 10.6. The van der Waals surface area contributed by atoms with Crippen molar-refractivity contribution in [2.75, 3.05) is 17.7 Å². The maximum absolute atomic E-state index is 12.2. The second kappa shape index (κ2) is 8.73. The van der Waals surface area contributed by atoms with Gasteiger partial charge in [-0.15, -0.1) is 0 Å². The second-order valence-corrected chi connectivity index (χ2v) is 6.38. The Bertz CT molecular complexity index is 988. The molecule has 0 radical (unpaired) electrons. The standard InChI is InChI=1S/C19H21ClN6O2/c1-4-26-18(12(2)10-22-26)24-17-9-16(14(20)11-21-17)23-15-8-6-5-7-13(15)19(27)25-28-3/h5-11H,4H2,1-3H3,(H,25,27)(H2,21,23,24). The summed E-state index contributed by atoms with van der Waals surface area (Å²) in [4.78, 5) is 21.2. The molecule has 0 saturated carbocycles. The van der Waals surface area contributed by atoms with Crippen LogP contribution in [0.2, 0.25) is 5.02 Å². The number of carbonyl (C=O) groups excluding carboxylic acids is 1. The summed E-state index contributed by atoms with van der Waals surface area (Å²) in [5.74, 6) is 1.10. The van der Waals surface area contributed by atoms with Crippen LogP contribution in [-0.4, -0.2) is 27.8 Å². The van der Waals surface area contributed by atoms with Crippen LogP contribution < -0.4 is 16.1 Å². The molecule has 3 aromatic rings. The first kappa shape index (κ1) is 19.7. The molecule has 0 fully saturated rings. The van der Waals surface area contributed by atoms with E-state index in [-0.39, 0.29) is 5.91 Å². The van der Waals surface area contributed by atoms with Gasteiger partial charge in [0.05, 0.1) is 41.5 Å². The number of halogens is 1. The van der Waals surface area contributed by atoms with Crippen molar-refractivity contribution in [3.8, 4) is 0 Å². The minimum Gasteiger partial charge on any atom is -0.353 e. The Labute approximate surface area is 167 Å². The van der Waals surface area contributed by atoms with E-state index in [0.717, 1.165) is 17.9 Å². The average molecular weight is 401 g/mol. The molecule has 3 N–H and O–H groups in total. The monoisotopic (exact) mass is 400 g/mol. The Kier molecular flexibility index (Phi) is 6.13. The van der Waals surface area contributed by atoms with Crippen LogP contribution in [0.4, 0.5) is 23.0 Å². The second-order valence-electron chi connectivity index (χ2n) is 5.97. The van der Waals surface area contributed by atoms with Crippen molar-refractivity contribution in [3.63, 3.8) is 0 Å². The van der Waals surface area contributed by atoms with E-state index >= 15 is 0 Å². The highest BCUT2D eigenvalue weighted by molar-refractivity contribution is 6.33. The van der Waals surface area contributed by atoms with Gasteiger partial charge in [0.15, 0.2) is 0 Å². The molecule has 1 aromatic carbocycles. The molecule has 0 aliphatic carbocycles.